The summed E-state index contributed by atoms with van der Waals surface area (Å²) in [5.74, 6) is 0.310. The molecule has 3 N–H and O–H groups in total. The molecule has 1 atom stereocenters. The maximum absolute atomic E-state index is 12.5. The molecule has 1 heterocycles. The van der Waals surface area contributed by atoms with Gasteiger partial charge in [-0.05, 0) is 25.0 Å². The Kier molecular flexibility index (Phi) is 3.72. The lowest BCUT2D eigenvalue weighted by Crippen LogP contribution is -2.38. The van der Waals surface area contributed by atoms with Crippen molar-refractivity contribution in [2.45, 2.75) is 18.9 Å². The Bertz CT molecular complexity index is 448. The third-order valence-corrected chi connectivity index (χ3v) is 3.34. The fourth-order valence-corrected chi connectivity index (χ4v) is 2.38. The normalized spacial score (nSPS) is 19.0. The van der Waals surface area contributed by atoms with E-state index in [0.29, 0.717) is 23.5 Å². The molecular formula is C13H18N2O3. The minimum Gasteiger partial charge on any atom is -0.496 e. The van der Waals surface area contributed by atoms with Crippen LogP contribution in [0.25, 0.3) is 0 Å². The van der Waals surface area contributed by atoms with Crippen molar-refractivity contribution >= 4 is 11.6 Å². The van der Waals surface area contributed by atoms with E-state index in [2.05, 4.69) is 0 Å². The zero-order valence-corrected chi connectivity index (χ0v) is 10.4. The van der Waals surface area contributed by atoms with Crippen molar-refractivity contribution in [3.8, 4) is 5.75 Å². The molecule has 0 saturated carbocycles. The number of carbonyl (C=O) groups excluding carboxylic acids is 1. The highest BCUT2D eigenvalue weighted by molar-refractivity contribution is 6.02. The molecule has 1 aliphatic rings. The Hall–Kier alpha value is -1.75. The second kappa shape index (κ2) is 5.27. The molecular weight excluding hydrogens is 232 g/mol. The number of nitrogen functional groups attached to an aromatic ring is 1. The van der Waals surface area contributed by atoms with Crippen LogP contribution >= 0.6 is 0 Å². The van der Waals surface area contributed by atoms with Gasteiger partial charge in [-0.2, -0.15) is 0 Å². The largest absolute Gasteiger partial charge is 0.496 e. The summed E-state index contributed by atoms with van der Waals surface area (Å²) in [5, 5.41) is 9.27. The maximum atomic E-state index is 12.5. The van der Waals surface area contributed by atoms with E-state index in [0.717, 1.165) is 12.8 Å². The molecule has 0 aliphatic carbocycles. The zero-order chi connectivity index (χ0) is 13.1. The van der Waals surface area contributed by atoms with Gasteiger partial charge in [0.2, 0.25) is 0 Å². The number of likely N-dealkylation sites (tertiary alicyclic amines) is 1. The fourth-order valence-electron chi connectivity index (χ4n) is 2.38. The number of hydrogen-bond donors (Lipinski definition) is 2. The molecule has 98 valence electrons. The highest BCUT2D eigenvalue weighted by atomic mass is 16.5. The molecule has 1 aliphatic heterocycles. The lowest BCUT2D eigenvalue weighted by molar-refractivity contribution is 0.0675. The second-order valence-electron chi connectivity index (χ2n) is 4.40. The molecule has 5 nitrogen and oxygen atoms in total. The van der Waals surface area contributed by atoms with Crippen molar-refractivity contribution in [2.75, 3.05) is 26.0 Å². The van der Waals surface area contributed by atoms with E-state index in [1.165, 1.54) is 7.11 Å². The Morgan fingerprint density at radius 1 is 1.61 bits per heavy atom. The number of nitrogens with zero attached hydrogens (tertiary/aromatic N) is 1. The van der Waals surface area contributed by atoms with Gasteiger partial charge < -0.3 is 20.5 Å². The molecule has 0 unspecified atom stereocenters. The van der Waals surface area contributed by atoms with E-state index in [4.69, 9.17) is 10.5 Å². The van der Waals surface area contributed by atoms with Crippen molar-refractivity contribution < 1.29 is 14.6 Å². The standard InChI is InChI=1S/C13H18N2O3/c1-18-11-6-2-5-10(14)12(11)13(17)15-7-3-4-9(15)8-16/h2,5-6,9,16H,3-4,7-8,14H2,1H3/t9-/m1/s1. The first-order chi connectivity index (χ1) is 8.69. The summed E-state index contributed by atoms with van der Waals surface area (Å²) in [6.07, 6.45) is 1.74. The lowest BCUT2D eigenvalue weighted by atomic mass is 10.1. The first kappa shape index (κ1) is 12.7. The van der Waals surface area contributed by atoms with E-state index >= 15 is 0 Å². The molecule has 0 bridgehead atoms. The number of carbonyl (C=O) groups is 1. The number of aliphatic hydroxyl groups excluding tert-OH is 1. The molecule has 2 rings (SSSR count). The number of benzene rings is 1. The highest BCUT2D eigenvalue weighted by Gasteiger charge is 2.31. The van der Waals surface area contributed by atoms with Crippen LogP contribution in [0.15, 0.2) is 18.2 Å². The van der Waals surface area contributed by atoms with Crippen LogP contribution in [-0.4, -0.2) is 42.2 Å². The minimum absolute atomic E-state index is 0.0131. The second-order valence-corrected chi connectivity index (χ2v) is 4.40. The van der Waals surface area contributed by atoms with Crippen molar-refractivity contribution in [3.05, 3.63) is 23.8 Å². The first-order valence-corrected chi connectivity index (χ1v) is 6.03. The van der Waals surface area contributed by atoms with Gasteiger partial charge in [-0.1, -0.05) is 6.07 Å². The third-order valence-electron chi connectivity index (χ3n) is 3.34. The van der Waals surface area contributed by atoms with Crippen LogP contribution in [0, 0.1) is 0 Å². The Morgan fingerprint density at radius 2 is 2.39 bits per heavy atom. The number of methoxy groups -OCH3 is 1. The van der Waals surface area contributed by atoms with E-state index in [9.17, 15) is 9.90 Å². The number of amides is 1. The van der Waals surface area contributed by atoms with Gasteiger partial charge in [-0.25, -0.2) is 0 Å². The third kappa shape index (κ3) is 2.13. The number of nitrogens with two attached hydrogens (primary N) is 1. The molecule has 1 saturated heterocycles. The molecule has 1 aromatic carbocycles. The number of aliphatic hydroxyl groups is 1. The van der Waals surface area contributed by atoms with Gasteiger partial charge >= 0.3 is 0 Å². The van der Waals surface area contributed by atoms with Gasteiger partial charge in [0.1, 0.15) is 11.3 Å². The number of hydrogen-bond acceptors (Lipinski definition) is 4. The minimum atomic E-state index is -0.165. The summed E-state index contributed by atoms with van der Waals surface area (Å²) >= 11 is 0. The Labute approximate surface area is 106 Å². The summed E-state index contributed by atoms with van der Waals surface area (Å²) in [6, 6.07) is 5.04. The predicted octanol–water partition coefficient (Wildman–Crippen LogP) is 0.874. The van der Waals surface area contributed by atoms with Crippen molar-refractivity contribution in [2.24, 2.45) is 0 Å². The summed E-state index contributed by atoms with van der Waals surface area (Å²) in [5.41, 5.74) is 6.66. The Balaban J connectivity index is 2.34. The summed E-state index contributed by atoms with van der Waals surface area (Å²) in [4.78, 5) is 14.1. The fraction of sp³-hybridized carbons (Fsp3) is 0.462. The summed E-state index contributed by atoms with van der Waals surface area (Å²) in [7, 11) is 1.51. The van der Waals surface area contributed by atoms with E-state index in [-0.39, 0.29) is 18.6 Å². The topological polar surface area (TPSA) is 75.8 Å². The number of ether oxygens (including phenoxy) is 1. The highest BCUT2D eigenvalue weighted by Crippen LogP contribution is 2.28. The molecule has 5 heteroatoms. The van der Waals surface area contributed by atoms with Crippen molar-refractivity contribution in [1.29, 1.82) is 0 Å². The van der Waals surface area contributed by atoms with Gasteiger partial charge in [-0.3, -0.25) is 4.79 Å². The van der Waals surface area contributed by atoms with E-state index < -0.39 is 0 Å². The zero-order valence-electron chi connectivity index (χ0n) is 10.4. The average Bonchev–Trinajstić information content (AvgIpc) is 2.85. The maximum Gasteiger partial charge on any atom is 0.260 e. The van der Waals surface area contributed by atoms with Crippen molar-refractivity contribution in [3.63, 3.8) is 0 Å². The van der Waals surface area contributed by atoms with Crippen LogP contribution in [0.5, 0.6) is 5.75 Å². The van der Waals surface area contributed by atoms with Crippen LogP contribution in [0.4, 0.5) is 5.69 Å². The molecule has 1 amide bonds. The molecule has 18 heavy (non-hydrogen) atoms. The van der Waals surface area contributed by atoms with Gasteiger partial charge in [0.05, 0.1) is 19.8 Å². The van der Waals surface area contributed by atoms with Crippen LogP contribution in [-0.2, 0) is 0 Å². The number of anilines is 1. The molecule has 1 aromatic rings. The Morgan fingerprint density at radius 3 is 3.06 bits per heavy atom. The quantitative estimate of drug-likeness (QED) is 0.781. The van der Waals surface area contributed by atoms with E-state index in [1.54, 1.807) is 23.1 Å². The summed E-state index contributed by atoms with van der Waals surface area (Å²) in [6.45, 7) is 0.641. The van der Waals surface area contributed by atoms with Crippen LogP contribution in [0.3, 0.4) is 0 Å². The van der Waals surface area contributed by atoms with Crippen LogP contribution in [0.1, 0.15) is 23.2 Å². The molecule has 1 fully saturated rings. The monoisotopic (exact) mass is 250 g/mol. The van der Waals surface area contributed by atoms with E-state index in [1.807, 2.05) is 0 Å². The van der Waals surface area contributed by atoms with Gasteiger partial charge in [0.15, 0.2) is 0 Å². The summed E-state index contributed by atoms with van der Waals surface area (Å²) < 4.78 is 5.19. The smallest absolute Gasteiger partial charge is 0.260 e. The van der Waals surface area contributed by atoms with Gasteiger partial charge in [-0.15, -0.1) is 0 Å². The molecule has 0 aromatic heterocycles. The van der Waals surface area contributed by atoms with Crippen LogP contribution in [0.2, 0.25) is 0 Å². The lowest BCUT2D eigenvalue weighted by Gasteiger charge is -2.24. The van der Waals surface area contributed by atoms with Crippen LogP contribution < -0.4 is 10.5 Å². The predicted molar refractivity (Wildman–Crippen MR) is 68.6 cm³/mol. The first-order valence-electron chi connectivity index (χ1n) is 6.03. The average molecular weight is 250 g/mol. The van der Waals surface area contributed by atoms with Gasteiger partial charge in [0.25, 0.3) is 5.91 Å². The SMILES string of the molecule is COc1cccc(N)c1C(=O)N1CCC[C@@H]1CO. The number of rotatable bonds is 3. The van der Waals surface area contributed by atoms with Gasteiger partial charge in [0, 0.05) is 12.2 Å². The molecule has 0 spiro atoms. The molecule has 0 radical (unpaired) electrons. The van der Waals surface area contributed by atoms with Crippen molar-refractivity contribution in [1.82, 2.24) is 4.90 Å².